The van der Waals surface area contributed by atoms with Gasteiger partial charge in [0.2, 0.25) is 5.88 Å². The van der Waals surface area contributed by atoms with Crippen LogP contribution in [0, 0.1) is 17.5 Å². The summed E-state index contributed by atoms with van der Waals surface area (Å²) in [6.07, 6.45) is 2.85. The first-order valence-electron chi connectivity index (χ1n) is 12.8. The van der Waals surface area contributed by atoms with Crippen molar-refractivity contribution in [2.24, 2.45) is 12.0 Å². The molecule has 2 aliphatic heterocycles. The Morgan fingerprint density at radius 2 is 1.85 bits per heavy atom. The van der Waals surface area contributed by atoms with Crippen molar-refractivity contribution < 1.29 is 18.3 Å². The molecule has 0 bridgehead atoms. The number of aliphatic hydroxyl groups is 1. The molecule has 9 heteroatoms. The predicted octanol–water partition coefficient (Wildman–Crippen LogP) is 6.34. The van der Waals surface area contributed by atoms with E-state index < -0.39 is 17.7 Å². The van der Waals surface area contributed by atoms with Gasteiger partial charge < -0.3 is 10.0 Å². The molecule has 39 heavy (non-hydrogen) atoms. The summed E-state index contributed by atoms with van der Waals surface area (Å²) in [6.45, 7) is 11.3. The maximum atomic E-state index is 14.5. The molecular weight excluding hydrogens is 503 g/mol. The van der Waals surface area contributed by atoms with Crippen LogP contribution in [0.2, 0.25) is 0 Å². The summed E-state index contributed by atoms with van der Waals surface area (Å²) in [6, 6.07) is 11.1. The Balaban J connectivity index is 1.54. The summed E-state index contributed by atoms with van der Waals surface area (Å²) in [7, 11) is 1.76. The average molecular weight is 534 g/mol. The summed E-state index contributed by atoms with van der Waals surface area (Å²) in [4.78, 5) is 8.24. The molecule has 0 saturated carbocycles. The van der Waals surface area contributed by atoms with Crippen molar-refractivity contribution in [3.63, 3.8) is 0 Å². The lowest BCUT2D eigenvalue weighted by Gasteiger charge is -2.37. The van der Waals surface area contributed by atoms with E-state index in [2.05, 4.69) is 18.3 Å². The van der Waals surface area contributed by atoms with Crippen molar-refractivity contribution >= 4 is 5.84 Å². The molecular formula is C30H30F3N5O. The van der Waals surface area contributed by atoms with Crippen LogP contribution in [-0.4, -0.2) is 43.6 Å². The Hall–Kier alpha value is -4.27. The lowest BCUT2D eigenvalue weighted by Crippen LogP contribution is -2.39. The minimum Gasteiger partial charge on any atom is -0.494 e. The molecule has 1 N–H and O–H groups in total. The van der Waals surface area contributed by atoms with E-state index in [0.29, 0.717) is 59.9 Å². The highest BCUT2D eigenvalue weighted by molar-refractivity contribution is 6.00. The van der Waals surface area contributed by atoms with Gasteiger partial charge in [-0.05, 0) is 48.2 Å². The van der Waals surface area contributed by atoms with E-state index in [-0.39, 0.29) is 23.3 Å². The Bertz CT molecular complexity index is 1490. The zero-order valence-electron chi connectivity index (χ0n) is 21.9. The fourth-order valence-electron chi connectivity index (χ4n) is 5.45. The highest BCUT2D eigenvalue weighted by atomic mass is 19.1. The van der Waals surface area contributed by atoms with E-state index in [0.717, 1.165) is 6.07 Å². The number of benzene rings is 2. The fourth-order valence-corrected chi connectivity index (χ4v) is 5.45. The van der Waals surface area contributed by atoms with Crippen LogP contribution in [0.5, 0.6) is 0 Å². The van der Waals surface area contributed by atoms with Gasteiger partial charge in [0.25, 0.3) is 0 Å². The first-order valence-corrected chi connectivity index (χ1v) is 12.8. The van der Waals surface area contributed by atoms with Gasteiger partial charge in [-0.2, -0.15) is 5.10 Å². The van der Waals surface area contributed by atoms with Gasteiger partial charge in [-0.15, -0.1) is 0 Å². The molecule has 202 valence electrons. The van der Waals surface area contributed by atoms with Crippen LogP contribution in [0.1, 0.15) is 48.5 Å². The van der Waals surface area contributed by atoms with E-state index >= 15 is 0 Å². The number of aryl methyl sites for hydroxylation is 1. The average Bonchev–Trinajstić information content (AvgIpc) is 3.55. The highest BCUT2D eigenvalue weighted by Crippen LogP contribution is 2.40. The van der Waals surface area contributed by atoms with Crippen molar-refractivity contribution in [3.05, 3.63) is 125 Å². The second-order valence-electron chi connectivity index (χ2n) is 9.85. The molecule has 2 aromatic carbocycles. The molecule has 2 atom stereocenters. The molecule has 1 aromatic heterocycles. The standard InChI is InChI=1S/C30H30F3N5O/c1-5-27(21-14-22(31)16-23(32)15-21)38-29(26-11-12-36(4)35-26)34-18(2)28(30(38)39)19(3)37-13-10-20(17-37)24-8-6-7-9-25(24)33/h6-9,11-12,14-16,20,27,39H,2-3,5,10,13,17H2,1,4H3/t20?,27-/m0/s1. The smallest absolute Gasteiger partial charge is 0.205 e. The number of aliphatic imine (C=N–C) groups is 1. The van der Waals surface area contributed by atoms with Gasteiger partial charge in [0.1, 0.15) is 23.1 Å². The molecule has 3 heterocycles. The molecule has 0 radical (unpaired) electrons. The van der Waals surface area contributed by atoms with Gasteiger partial charge in [0.15, 0.2) is 5.84 Å². The molecule has 0 amide bonds. The molecule has 1 saturated heterocycles. The highest BCUT2D eigenvalue weighted by Gasteiger charge is 2.37. The van der Waals surface area contributed by atoms with Crippen LogP contribution >= 0.6 is 0 Å². The number of halogens is 3. The summed E-state index contributed by atoms with van der Waals surface area (Å²) >= 11 is 0. The fraction of sp³-hybridized carbons (Fsp3) is 0.267. The van der Waals surface area contributed by atoms with Crippen molar-refractivity contribution in [2.75, 3.05) is 13.1 Å². The maximum absolute atomic E-state index is 14.5. The number of hydrogen-bond acceptors (Lipinski definition) is 5. The van der Waals surface area contributed by atoms with Crippen LogP contribution in [0.15, 0.2) is 95.7 Å². The Kier molecular flexibility index (Phi) is 7.08. The molecule has 0 aliphatic carbocycles. The van der Waals surface area contributed by atoms with E-state index in [1.807, 2.05) is 17.9 Å². The molecule has 5 rings (SSSR count). The quantitative estimate of drug-likeness (QED) is 0.385. The van der Waals surface area contributed by atoms with E-state index in [4.69, 9.17) is 4.99 Å². The summed E-state index contributed by atoms with van der Waals surface area (Å²) < 4.78 is 44.6. The first kappa shape index (κ1) is 26.3. The zero-order valence-corrected chi connectivity index (χ0v) is 21.9. The van der Waals surface area contributed by atoms with Crippen LogP contribution < -0.4 is 0 Å². The Morgan fingerprint density at radius 3 is 2.49 bits per heavy atom. The minimum absolute atomic E-state index is 0.0371. The molecule has 6 nitrogen and oxygen atoms in total. The predicted molar refractivity (Wildman–Crippen MR) is 144 cm³/mol. The first-order chi connectivity index (χ1) is 18.7. The van der Waals surface area contributed by atoms with Crippen molar-refractivity contribution in [2.45, 2.75) is 31.7 Å². The normalized spacial score (nSPS) is 18.5. The molecule has 1 unspecified atom stereocenters. The van der Waals surface area contributed by atoms with Crippen molar-refractivity contribution in [1.29, 1.82) is 0 Å². The Morgan fingerprint density at radius 1 is 1.13 bits per heavy atom. The largest absolute Gasteiger partial charge is 0.494 e. The van der Waals surface area contributed by atoms with Crippen molar-refractivity contribution in [3.8, 4) is 0 Å². The van der Waals surface area contributed by atoms with E-state index in [9.17, 15) is 18.3 Å². The summed E-state index contributed by atoms with van der Waals surface area (Å²) in [5.74, 6) is -1.60. The topological polar surface area (TPSA) is 56.9 Å². The van der Waals surface area contributed by atoms with Crippen molar-refractivity contribution in [1.82, 2.24) is 19.6 Å². The van der Waals surface area contributed by atoms with Gasteiger partial charge in [0, 0.05) is 44.0 Å². The second-order valence-corrected chi connectivity index (χ2v) is 9.85. The van der Waals surface area contributed by atoms with Gasteiger partial charge in [-0.3, -0.25) is 9.58 Å². The maximum Gasteiger partial charge on any atom is 0.205 e. The van der Waals surface area contributed by atoms with Crippen LogP contribution in [0.4, 0.5) is 13.2 Å². The minimum atomic E-state index is -0.717. The third-order valence-corrected chi connectivity index (χ3v) is 7.32. The number of likely N-dealkylation sites (tertiary alicyclic amines) is 1. The number of nitrogens with zero attached hydrogens (tertiary/aromatic N) is 5. The van der Waals surface area contributed by atoms with Gasteiger partial charge in [-0.1, -0.05) is 38.3 Å². The lowest BCUT2D eigenvalue weighted by atomic mass is 9.98. The zero-order chi connectivity index (χ0) is 27.8. The number of hydrogen-bond donors (Lipinski definition) is 1. The summed E-state index contributed by atoms with van der Waals surface area (Å²) in [5.41, 5.74) is 2.54. The van der Waals surface area contributed by atoms with Gasteiger partial charge in [0.05, 0.1) is 17.3 Å². The SMILES string of the molecule is C=C1N=C(c2ccn(C)n2)N([C@@H](CC)c2cc(F)cc(F)c2)C(O)=C1C(=C)N1CCC(c2ccccc2F)C1. The third-order valence-electron chi connectivity index (χ3n) is 7.32. The van der Waals surface area contributed by atoms with Crippen LogP contribution in [0.3, 0.4) is 0 Å². The summed E-state index contributed by atoms with van der Waals surface area (Å²) in [5, 5.41) is 16.2. The molecule has 1 fully saturated rings. The number of amidine groups is 1. The van der Waals surface area contributed by atoms with E-state index in [1.165, 1.54) is 23.1 Å². The van der Waals surface area contributed by atoms with E-state index in [1.54, 1.807) is 36.1 Å². The van der Waals surface area contributed by atoms with Gasteiger partial charge in [-0.25, -0.2) is 18.2 Å². The number of rotatable bonds is 7. The monoisotopic (exact) mass is 533 g/mol. The third kappa shape index (κ3) is 4.96. The number of aliphatic hydroxyl groups excluding tert-OH is 1. The van der Waals surface area contributed by atoms with Gasteiger partial charge >= 0.3 is 0 Å². The van der Waals surface area contributed by atoms with Crippen LogP contribution in [0.25, 0.3) is 0 Å². The number of aromatic nitrogens is 2. The Labute approximate surface area is 225 Å². The second kappa shape index (κ2) is 10.5. The molecule has 0 spiro atoms. The van der Waals surface area contributed by atoms with Crippen LogP contribution in [-0.2, 0) is 7.05 Å². The molecule has 3 aromatic rings. The molecule has 2 aliphatic rings. The lowest BCUT2D eigenvalue weighted by molar-refractivity contribution is 0.215.